The lowest BCUT2D eigenvalue weighted by Crippen LogP contribution is -2.45. The molecule has 1 saturated heterocycles. The molecule has 3 rings (SSSR count). The molecule has 6 heteroatoms. The van der Waals surface area contributed by atoms with E-state index in [0.29, 0.717) is 6.42 Å². The van der Waals surface area contributed by atoms with Crippen molar-refractivity contribution in [1.29, 1.82) is 0 Å². The number of thiazole rings is 1. The normalized spacial score (nSPS) is 20.2. The van der Waals surface area contributed by atoms with Crippen molar-refractivity contribution in [2.75, 3.05) is 23.3 Å². The van der Waals surface area contributed by atoms with Crippen LogP contribution in [0, 0.1) is 0 Å². The summed E-state index contributed by atoms with van der Waals surface area (Å²) < 4.78 is 5.80. The van der Waals surface area contributed by atoms with E-state index in [1.807, 2.05) is 24.3 Å². The first-order valence-electron chi connectivity index (χ1n) is 9.31. The fraction of sp³-hybridized carbons (Fsp3) is 0.500. The van der Waals surface area contributed by atoms with Crippen LogP contribution in [0.3, 0.4) is 0 Å². The van der Waals surface area contributed by atoms with Gasteiger partial charge in [0, 0.05) is 36.1 Å². The van der Waals surface area contributed by atoms with Crippen LogP contribution < -0.4 is 10.2 Å². The number of hydrogen-bond donors (Lipinski definition) is 1. The lowest BCUT2D eigenvalue weighted by molar-refractivity contribution is -0.116. The van der Waals surface area contributed by atoms with Crippen LogP contribution in [0.25, 0.3) is 11.3 Å². The van der Waals surface area contributed by atoms with Crippen LogP contribution in [0.5, 0.6) is 0 Å². The monoisotopic (exact) mass is 373 g/mol. The number of carbonyl (C=O) groups excluding carboxylic acids is 1. The van der Waals surface area contributed by atoms with E-state index in [4.69, 9.17) is 9.72 Å². The summed E-state index contributed by atoms with van der Waals surface area (Å²) in [7, 11) is 0. The van der Waals surface area contributed by atoms with Gasteiger partial charge in [-0.2, -0.15) is 0 Å². The Bertz CT molecular complexity index is 719. The lowest BCUT2D eigenvalue weighted by Gasteiger charge is -2.35. The fourth-order valence-corrected chi connectivity index (χ4v) is 4.02. The molecule has 2 atom stereocenters. The summed E-state index contributed by atoms with van der Waals surface area (Å²) >= 11 is 1.67. The second-order valence-electron chi connectivity index (χ2n) is 6.91. The van der Waals surface area contributed by atoms with E-state index in [1.165, 1.54) is 0 Å². The van der Waals surface area contributed by atoms with E-state index >= 15 is 0 Å². The molecule has 1 aliphatic heterocycles. The minimum atomic E-state index is 0.0751. The van der Waals surface area contributed by atoms with Crippen molar-refractivity contribution in [3.8, 4) is 11.3 Å². The maximum atomic E-state index is 11.8. The number of nitrogens with one attached hydrogen (secondary N) is 1. The quantitative estimate of drug-likeness (QED) is 0.807. The highest BCUT2D eigenvalue weighted by molar-refractivity contribution is 7.14. The van der Waals surface area contributed by atoms with Crippen LogP contribution in [0.2, 0.25) is 0 Å². The average Bonchev–Trinajstić information content (AvgIpc) is 3.10. The number of aromatic nitrogens is 1. The molecule has 2 unspecified atom stereocenters. The highest BCUT2D eigenvalue weighted by Gasteiger charge is 2.24. The Hall–Kier alpha value is -1.92. The Morgan fingerprint density at radius 2 is 1.96 bits per heavy atom. The van der Waals surface area contributed by atoms with Gasteiger partial charge in [-0.3, -0.25) is 4.79 Å². The summed E-state index contributed by atoms with van der Waals surface area (Å²) in [4.78, 5) is 18.9. The third-order valence-corrected chi connectivity index (χ3v) is 5.31. The molecule has 5 nitrogen and oxygen atoms in total. The van der Waals surface area contributed by atoms with Crippen molar-refractivity contribution >= 4 is 28.1 Å². The summed E-state index contributed by atoms with van der Waals surface area (Å²) in [5.41, 5.74) is 2.87. The highest BCUT2D eigenvalue weighted by atomic mass is 32.1. The number of ether oxygens (including phenoxy) is 1. The maximum absolute atomic E-state index is 11.8. The Morgan fingerprint density at radius 1 is 1.27 bits per heavy atom. The third-order valence-electron chi connectivity index (χ3n) is 4.40. The van der Waals surface area contributed by atoms with Crippen molar-refractivity contribution < 1.29 is 9.53 Å². The molecular weight excluding hydrogens is 346 g/mol. The molecule has 26 heavy (non-hydrogen) atoms. The van der Waals surface area contributed by atoms with Gasteiger partial charge in [-0.05, 0) is 32.4 Å². The van der Waals surface area contributed by atoms with Gasteiger partial charge in [-0.25, -0.2) is 4.98 Å². The molecule has 1 aromatic carbocycles. The number of amides is 1. The topological polar surface area (TPSA) is 54.5 Å². The minimum absolute atomic E-state index is 0.0751. The molecule has 0 aliphatic carbocycles. The predicted molar refractivity (Wildman–Crippen MR) is 108 cm³/mol. The largest absolute Gasteiger partial charge is 0.372 e. The van der Waals surface area contributed by atoms with Crippen LogP contribution in [0.4, 0.5) is 10.8 Å². The smallest absolute Gasteiger partial charge is 0.224 e. The van der Waals surface area contributed by atoms with E-state index in [2.05, 4.69) is 36.4 Å². The molecule has 1 aliphatic rings. The first-order chi connectivity index (χ1) is 12.5. The van der Waals surface area contributed by atoms with Crippen LogP contribution in [0.15, 0.2) is 29.6 Å². The fourth-order valence-electron chi connectivity index (χ4n) is 3.16. The van der Waals surface area contributed by atoms with Gasteiger partial charge in [-0.15, -0.1) is 11.3 Å². The Kier molecular flexibility index (Phi) is 6.27. The van der Waals surface area contributed by atoms with Crippen LogP contribution in [-0.4, -0.2) is 36.2 Å². The lowest BCUT2D eigenvalue weighted by atomic mass is 10.1. The predicted octanol–water partition coefficient (Wildman–Crippen LogP) is 4.55. The first-order valence-corrected chi connectivity index (χ1v) is 10.2. The number of morpholine rings is 1. The molecule has 140 valence electrons. The van der Waals surface area contributed by atoms with Gasteiger partial charge in [-0.1, -0.05) is 25.5 Å². The molecule has 2 heterocycles. The molecule has 2 aromatic rings. The van der Waals surface area contributed by atoms with E-state index < -0.39 is 0 Å². The minimum Gasteiger partial charge on any atom is -0.372 e. The molecule has 1 aromatic heterocycles. The number of hydrogen-bond acceptors (Lipinski definition) is 5. The molecule has 0 saturated carbocycles. The van der Waals surface area contributed by atoms with Crippen molar-refractivity contribution in [2.24, 2.45) is 0 Å². The van der Waals surface area contributed by atoms with E-state index in [0.717, 1.165) is 48.0 Å². The van der Waals surface area contributed by atoms with Gasteiger partial charge in [0.15, 0.2) is 5.13 Å². The van der Waals surface area contributed by atoms with Gasteiger partial charge >= 0.3 is 0 Å². The van der Waals surface area contributed by atoms with Gasteiger partial charge < -0.3 is 15.0 Å². The summed E-state index contributed by atoms with van der Waals surface area (Å²) in [6, 6.07) is 7.91. The van der Waals surface area contributed by atoms with Crippen molar-refractivity contribution in [2.45, 2.75) is 52.2 Å². The molecule has 0 radical (unpaired) electrons. The molecule has 1 amide bonds. The number of unbranched alkanes of at least 4 members (excludes halogenated alkanes) is 1. The van der Waals surface area contributed by atoms with Gasteiger partial charge in [0.1, 0.15) is 0 Å². The number of nitrogens with zero attached hydrogens (tertiary/aromatic N) is 2. The third kappa shape index (κ3) is 4.83. The van der Waals surface area contributed by atoms with Crippen LogP contribution >= 0.6 is 11.3 Å². The summed E-state index contributed by atoms with van der Waals surface area (Å²) in [5.74, 6) is 0.0751. The number of benzene rings is 1. The molecule has 0 bridgehead atoms. The number of rotatable bonds is 6. The Morgan fingerprint density at radius 3 is 2.62 bits per heavy atom. The van der Waals surface area contributed by atoms with Gasteiger partial charge in [0.2, 0.25) is 5.91 Å². The SMILES string of the molecule is CCCCC(=O)Nc1ccc(-c2csc(N3CC(C)OC(C)C3)n2)cc1. The molecule has 1 N–H and O–H groups in total. The number of anilines is 2. The molecular formula is C20H27N3O2S. The summed E-state index contributed by atoms with van der Waals surface area (Å²) in [6.07, 6.45) is 2.97. The van der Waals surface area contributed by atoms with Crippen molar-refractivity contribution in [1.82, 2.24) is 4.98 Å². The van der Waals surface area contributed by atoms with E-state index in [-0.39, 0.29) is 18.1 Å². The maximum Gasteiger partial charge on any atom is 0.224 e. The standard InChI is InChI=1S/C20H27N3O2S/c1-4-5-6-19(24)21-17-9-7-16(8-10-17)18-13-26-20(22-18)23-11-14(2)25-15(3)12-23/h7-10,13-15H,4-6,11-12H2,1-3H3,(H,21,24). The van der Waals surface area contributed by atoms with E-state index in [1.54, 1.807) is 11.3 Å². The van der Waals surface area contributed by atoms with Gasteiger partial charge in [0.05, 0.1) is 17.9 Å². The van der Waals surface area contributed by atoms with Crippen LogP contribution in [0.1, 0.15) is 40.0 Å². The van der Waals surface area contributed by atoms with Crippen LogP contribution in [-0.2, 0) is 9.53 Å². The molecule has 1 fully saturated rings. The number of carbonyl (C=O) groups is 1. The van der Waals surface area contributed by atoms with Gasteiger partial charge in [0.25, 0.3) is 0 Å². The molecule has 0 spiro atoms. The summed E-state index contributed by atoms with van der Waals surface area (Å²) in [6.45, 7) is 8.04. The zero-order valence-corrected chi connectivity index (χ0v) is 16.5. The first kappa shape index (κ1) is 18.9. The average molecular weight is 374 g/mol. The van der Waals surface area contributed by atoms with Crippen molar-refractivity contribution in [3.05, 3.63) is 29.6 Å². The highest BCUT2D eigenvalue weighted by Crippen LogP contribution is 2.30. The Balaban J connectivity index is 1.65. The van der Waals surface area contributed by atoms with Crippen molar-refractivity contribution in [3.63, 3.8) is 0 Å². The Labute approximate surface area is 159 Å². The second kappa shape index (κ2) is 8.64. The zero-order chi connectivity index (χ0) is 18.5. The second-order valence-corrected chi connectivity index (χ2v) is 7.74. The van der Waals surface area contributed by atoms with E-state index in [9.17, 15) is 4.79 Å². The summed E-state index contributed by atoms with van der Waals surface area (Å²) in [5, 5.41) is 6.08. The zero-order valence-electron chi connectivity index (χ0n) is 15.7.